The first-order valence-electron chi connectivity index (χ1n) is 5.25. The van der Waals surface area contributed by atoms with Gasteiger partial charge in [-0.1, -0.05) is 11.6 Å². The van der Waals surface area contributed by atoms with Gasteiger partial charge in [-0.3, -0.25) is 0 Å². The molecule has 0 amide bonds. The SMILES string of the molecule is Clc1ccc2oc(C3CCCN3)cc2c1. The number of nitrogens with one attached hydrogen (secondary N) is 1. The Labute approximate surface area is 93.2 Å². The third-order valence-corrected chi connectivity index (χ3v) is 3.14. The Kier molecular flexibility index (Phi) is 2.19. The third-order valence-electron chi connectivity index (χ3n) is 2.90. The molecule has 78 valence electrons. The molecule has 1 aliphatic heterocycles. The Balaban J connectivity index is 2.05. The van der Waals surface area contributed by atoms with Crippen LogP contribution in [0.3, 0.4) is 0 Å². The van der Waals surface area contributed by atoms with Gasteiger partial charge < -0.3 is 9.73 Å². The molecule has 0 radical (unpaired) electrons. The molecule has 2 heterocycles. The summed E-state index contributed by atoms with van der Waals surface area (Å²) in [5.41, 5.74) is 0.920. The molecule has 3 rings (SSSR count). The van der Waals surface area contributed by atoms with Gasteiger partial charge in [-0.25, -0.2) is 0 Å². The fraction of sp³-hybridized carbons (Fsp3) is 0.333. The lowest BCUT2D eigenvalue weighted by Crippen LogP contribution is -2.11. The second-order valence-corrected chi connectivity index (χ2v) is 4.42. The summed E-state index contributed by atoms with van der Waals surface area (Å²) in [5.74, 6) is 1.03. The molecule has 3 heteroatoms. The standard InChI is InChI=1S/C12H12ClNO/c13-9-3-4-11-8(6-9)7-12(15-11)10-2-1-5-14-10/h3-4,6-7,10,14H,1-2,5H2. The molecule has 0 spiro atoms. The molecular weight excluding hydrogens is 210 g/mol. The highest BCUT2D eigenvalue weighted by molar-refractivity contribution is 6.31. The molecule has 1 atom stereocenters. The minimum Gasteiger partial charge on any atom is -0.459 e. The molecule has 0 saturated carbocycles. The molecule has 1 N–H and O–H groups in total. The van der Waals surface area contributed by atoms with E-state index in [1.807, 2.05) is 18.2 Å². The summed E-state index contributed by atoms with van der Waals surface area (Å²) in [6.45, 7) is 1.09. The maximum Gasteiger partial charge on any atom is 0.134 e. The smallest absolute Gasteiger partial charge is 0.134 e. The third kappa shape index (κ3) is 1.64. The Bertz CT molecular complexity index is 485. The van der Waals surface area contributed by atoms with Gasteiger partial charge in [0.15, 0.2) is 0 Å². The molecule has 1 fully saturated rings. The molecule has 0 bridgehead atoms. The van der Waals surface area contributed by atoms with E-state index in [2.05, 4.69) is 11.4 Å². The maximum atomic E-state index is 5.93. The fourth-order valence-corrected chi connectivity index (χ4v) is 2.31. The van der Waals surface area contributed by atoms with Gasteiger partial charge in [-0.2, -0.15) is 0 Å². The van der Waals surface area contributed by atoms with E-state index in [9.17, 15) is 0 Å². The van der Waals surface area contributed by atoms with E-state index in [1.165, 1.54) is 6.42 Å². The summed E-state index contributed by atoms with van der Waals surface area (Å²) in [6.07, 6.45) is 2.38. The Hall–Kier alpha value is -0.990. The average molecular weight is 222 g/mol. The number of halogens is 1. The highest BCUT2D eigenvalue weighted by Crippen LogP contribution is 2.30. The van der Waals surface area contributed by atoms with Gasteiger partial charge in [0.2, 0.25) is 0 Å². The van der Waals surface area contributed by atoms with Gasteiger partial charge in [0, 0.05) is 10.4 Å². The average Bonchev–Trinajstić information content (AvgIpc) is 2.84. The van der Waals surface area contributed by atoms with Crippen LogP contribution in [-0.2, 0) is 0 Å². The van der Waals surface area contributed by atoms with Crippen molar-refractivity contribution < 1.29 is 4.42 Å². The molecule has 15 heavy (non-hydrogen) atoms. The quantitative estimate of drug-likeness (QED) is 0.797. The van der Waals surface area contributed by atoms with Crippen LogP contribution >= 0.6 is 11.6 Å². The van der Waals surface area contributed by atoms with Gasteiger partial charge in [0.05, 0.1) is 6.04 Å². The van der Waals surface area contributed by atoms with E-state index in [4.69, 9.17) is 16.0 Å². The first kappa shape index (κ1) is 9.25. The molecule has 2 aromatic rings. The minimum absolute atomic E-state index is 0.385. The molecule has 1 aromatic heterocycles. The van der Waals surface area contributed by atoms with Crippen LogP contribution in [0.5, 0.6) is 0 Å². The zero-order valence-electron chi connectivity index (χ0n) is 8.29. The first-order chi connectivity index (χ1) is 7.33. The summed E-state index contributed by atoms with van der Waals surface area (Å²) in [7, 11) is 0. The van der Waals surface area contributed by atoms with Crippen LogP contribution < -0.4 is 5.32 Å². The largest absolute Gasteiger partial charge is 0.459 e. The van der Waals surface area contributed by atoms with Crippen molar-refractivity contribution in [2.75, 3.05) is 6.54 Å². The molecular formula is C12H12ClNO. The van der Waals surface area contributed by atoms with Crippen molar-refractivity contribution in [3.63, 3.8) is 0 Å². The summed E-state index contributed by atoms with van der Waals surface area (Å²) < 4.78 is 5.79. The second kappa shape index (κ2) is 3.54. The molecule has 1 saturated heterocycles. The number of rotatable bonds is 1. The Morgan fingerprint density at radius 2 is 2.27 bits per heavy atom. The van der Waals surface area contributed by atoms with E-state index in [0.29, 0.717) is 6.04 Å². The molecule has 1 unspecified atom stereocenters. The summed E-state index contributed by atoms with van der Waals surface area (Å²) in [5, 5.41) is 5.27. The van der Waals surface area contributed by atoms with Gasteiger partial charge in [0.1, 0.15) is 11.3 Å². The lowest BCUT2D eigenvalue weighted by atomic mass is 10.1. The van der Waals surface area contributed by atoms with E-state index in [-0.39, 0.29) is 0 Å². The number of hydrogen-bond donors (Lipinski definition) is 1. The highest BCUT2D eigenvalue weighted by Gasteiger charge is 2.19. The summed E-state index contributed by atoms with van der Waals surface area (Å²) >= 11 is 5.93. The van der Waals surface area contributed by atoms with E-state index in [0.717, 1.165) is 34.7 Å². The van der Waals surface area contributed by atoms with E-state index in [1.54, 1.807) is 0 Å². The van der Waals surface area contributed by atoms with Gasteiger partial charge >= 0.3 is 0 Å². The lowest BCUT2D eigenvalue weighted by Gasteiger charge is -2.04. The van der Waals surface area contributed by atoms with Crippen molar-refractivity contribution >= 4 is 22.6 Å². The highest BCUT2D eigenvalue weighted by atomic mass is 35.5. The van der Waals surface area contributed by atoms with Crippen molar-refractivity contribution in [3.05, 3.63) is 35.0 Å². The lowest BCUT2D eigenvalue weighted by molar-refractivity contribution is 0.471. The molecule has 2 nitrogen and oxygen atoms in total. The normalized spacial score (nSPS) is 21.3. The van der Waals surface area contributed by atoms with Crippen molar-refractivity contribution in [2.45, 2.75) is 18.9 Å². The maximum absolute atomic E-state index is 5.93. The summed E-state index contributed by atoms with van der Waals surface area (Å²) in [6, 6.07) is 8.20. The van der Waals surface area contributed by atoms with Crippen LogP contribution in [0.25, 0.3) is 11.0 Å². The minimum atomic E-state index is 0.385. The topological polar surface area (TPSA) is 25.2 Å². The summed E-state index contributed by atoms with van der Waals surface area (Å²) in [4.78, 5) is 0. The predicted octanol–water partition coefficient (Wildman–Crippen LogP) is 3.51. The Morgan fingerprint density at radius 1 is 1.33 bits per heavy atom. The Morgan fingerprint density at radius 3 is 3.07 bits per heavy atom. The van der Waals surface area contributed by atoms with Crippen LogP contribution in [0, 0.1) is 0 Å². The van der Waals surface area contributed by atoms with Crippen molar-refractivity contribution in [3.8, 4) is 0 Å². The number of benzene rings is 1. The predicted molar refractivity (Wildman–Crippen MR) is 61.2 cm³/mol. The van der Waals surface area contributed by atoms with Crippen molar-refractivity contribution in [1.82, 2.24) is 5.32 Å². The second-order valence-electron chi connectivity index (χ2n) is 3.98. The zero-order valence-corrected chi connectivity index (χ0v) is 9.05. The van der Waals surface area contributed by atoms with E-state index >= 15 is 0 Å². The van der Waals surface area contributed by atoms with Gasteiger partial charge in [-0.05, 0) is 43.7 Å². The number of furan rings is 1. The van der Waals surface area contributed by atoms with Crippen LogP contribution in [-0.4, -0.2) is 6.54 Å². The monoisotopic (exact) mass is 221 g/mol. The molecule has 1 aromatic carbocycles. The van der Waals surface area contributed by atoms with E-state index < -0.39 is 0 Å². The van der Waals surface area contributed by atoms with Crippen molar-refractivity contribution in [2.24, 2.45) is 0 Å². The molecule has 0 aliphatic carbocycles. The van der Waals surface area contributed by atoms with Crippen molar-refractivity contribution in [1.29, 1.82) is 0 Å². The van der Waals surface area contributed by atoms with Crippen LogP contribution in [0.4, 0.5) is 0 Å². The van der Waals surface area contributed by atoms with Crippen LogP contribution in [0.2, 0.25) is 5.02 Å². The van der Waals surface area contributed by atoms with Crippen LogP contribution in [0.15, 0.2) is 28.7 Å². The van der Waals surface area contributed by atoms with Gasteiger partial charge in [-0.15, -0.1) is 0 Å². The first-order valence-corrected chi connectivity index (χ1v) is 5.63. The number of fused-ring (bicyclic) bond motifs is 1. The van der Waals surface area contributed by atoms with Gasteiger partial charge in [0.25, 0.3) is 0 Å². The molecule has 1 aliphatic rings. The van der Waals surface area contributed by atoms with Crippen LogP contribution in [0.1, 0.15) is 24.6 Å². The zero-order chi connectivity index (χ0) is 10.3. The fourth-order valence-electron chi connectivity index (χ4n) is 2.13. The number of hydrogen-bond acceptors (Lipinski definition) is 2.